The molecule has 33 heavy (non-hydrogen) atoms. The van der Waals surface area contributed by atoms with E-state index in [1.54, 1.807) is 54.6 Å². The summed E-state index contributed by atoms with van der Waals surface area (Å²) in [5, 5.41) is 9.43. The van der Waals surface area contributed by atoms with Gasteiger partial charge in [-0.3, -0.25) is 0 Å². The number of hydrogen-bond donors (Lipinski definition) is 1. The molecule has 10 heteroatoms. The molecule has 2 N–H and O–H groups in total. The van der Waals surface area contributed by atoms with Crippen molar-refractivity contribution in [2.75, 3.05) is 6.26 Å². The number of hydrogen-bond acceptors (Lipinski definition) is 4. The van der Waals surface area contributed by atoms with E-state index >= 15 is 0 Å². The fourth-order valence-corrected chi connectivity index (χ4v) is 4.55. The molecule has 0 bridgehead atoms. The summed E-state index contributed by atoms with van der Waals surface area (Å²) < 4.78 is 64.8. The van der Waals surface area contributed by atoms with Gasteiger partial charge in [-0.1, -0.05) is 30.3 Å². The third kappa shape index (κ3) is 4.69. The third-order valence-electron chi connectivity index (χ3n) is 5.05. The Morgan fingerprint density at radius 3 is 2.03 bits per heavy atom. The van der Waals surface area contributed by atoms with Crippen LogP contribution in [0.5, 0.6) is 0 Å². The van der Waals surface area contributed by atoms with Crippen molar-refractivity contribution in [3.05, 3.63) is 84.6 Å². The minimum atomic E-state index is -3.92. The summed E-state index contributed by atoms with van der Waals surface area (Å²) >= 11 is -1.22. The van der Waals surface area contributed by atoms with Crippen molar-refractivity contribution in [1.82, 2.24) is 9.78 Å². The molecule has 1 unspecified atom stereocenters. The van der Waals surface area contributed by atoms with Gasteiger partial charge in [0.1, 0.15) is 11.9 Å². The van der Waals surface area contributed by atoms with E-state index in [-0.39, 0.29) is 10.5 Å². The number of alkyl halides is 2. The zero-order valence-corrected chi connectivity index (χ0v) is 19.0. The van der Waals surface area contributed by atoms with Crippen molar-refractivity contribution in [2.45, 2.75) is 16.2 Å². The Balaban J connectivity index is 2.01. The van der Waals surface area contributed by atoms with Gasteiger partial charge in [-0.2, -0.15) is 5.10 Å². The molecular formula is C23H19F2N3O3S2. The van der Waals surface area contributed by atoms with Crippen LogP contribution in [0.15, 0.2) is 88.7 Å². The van der Waals surface area contributed by atoms with Gasteiger partial charge in [0.25, 0.3) is 6.43 Å². The van der Waals surface area contributed by atoms with E-state index in [9.17, 15) is 21.8 Å². The number of halogens is 2. The van der Waals surface area contributed by atoms with E-state index < -0.39 is 33.3 Å². The fraction of sp³-hybridized carbons (Fsp3) is 0.0870. The van der Waals surface area contributed by atoms with Crippen molar-refractivity contribution >= 4 is 21.2 Å². The molecule has 0 aliphatic rings. The summed E-state index contributed by atoms with van der Waals surface area (Å²) in [6.07, 6.45) is -1.33. The van der Waals surface area contributed by atoms with Crippen LogP contribution in [0.3, 0.4) is 0 Å². The largest absolute Gasteiger partial charge is 0.612 e. The molecule has 0 amide bonds. The van der Waals surface area contributed by atoms with Crippen LogP contribution in [0.1, 0.15) is 12.1 Å². The monoisotopic (exact) mass is 487 g/mol. The maximum atomic E-state index is 14.1. The molecule has 0 aliphatic heterocycles. The lowest BCUT2D eigenvalue weighted by Crippen LogP contribution is -2.11. The molecule has 0 radical (unpaired) electrons. The van der Waals surface area contributed by atoms with E-state index in [0.717, 1.165) is 0 Å². The predicted octanol–water partition coefficient (Wildman–Crippen LogP) is 4.53. The standard InChI is InChI=1S/C23H19F2N3O3S2/c1-32(29)18-11-7-15(8-12-18)20-21(23(24)25)27-28(17-5-3-2-4-6-17)22(20)16-9-13-19(14-10-16)33(26,30)31/h2-14,23H,1H3,(H2,26,30,31). The molecular weight excluding hydrogens is 468 g/mol. The number of nitrogens with two attached hydrogens (primary N) is 1. The van der Waals surface area contributed by atoms with Gasteiger partial charge >= 0.3 is 0 Å². The Labute approximate surface area is 192 Å². The summed E-state index contributed by atoms with van der Waals surface area (Å²) in [4.78, 5) is 0.467. The van der Waals surface area contributed by atoms with E-state index in [2.05, 4.69) is 5.10 Å². The van der Waals surface area contributed by atoms with Crippen LogP contribution in [0.25, 0.3) is 28.1 Å². The number of nitrogens with zero attached hydrogens (tertiary/aromatic N) is 2. The highest BCUT2D eigenvalue weighted by atomic mass is 32.2. The first-order valence-corrected chi connectivity index (χ1v) is 12.8. The van der Waals surface area contributed by atoms with Crippen LogP contribution in [0.4, 0.5) is 8.78 Å². The maximum Gasteiger partial charge on any atom is 0.282 e. The summed E-state index contributed by atoms with van der Waals surface area (Å²) in [6, 6.07) is 20.9. The Bertz CT molecular complexity index is 1370. The maximum absolute atomic E-state index is 14.1. The molecule has 1 aromatic heterocycles. The van der Waals surface area contributed by atoms with Gasteiger partial charge in [0.2, 0.25) is 10.0 Å². The summed E-state index contributed by atoms with van der Waals surface area (Å²) in [5.41, 5.74) is 1.64. The Kier molecular flexibility index (Phi) is 6.35. The molecule has 0 saturated carbocycles. The second-order valence-corrected chi connectivity index (χ2v) is 10.1. The van der Waals surface area contributed by atoms with Gasteiger partial charge in [-0.05, 0) is 65.3 Å². The number of primary sulfonamides is 1. The number of sulfonamides is 1. The van der Waals surface area contributed by atoms with E-state index in [0.29, 0.717) is 27.4 Å². The van der Waals surface area contributed by atoms with Gasteiger partial charge in [0.15, 0.2) is 4.90 Å². The first-order chi connectivity index (χ1) is 15.7. The van der Waals surface area contributed by atoms with Gasteiger partial charge < -0.3 is 4.55 Å². The zero-order chi connectivity index (χ0) is 23.8. The number of rotatable bonds is 6. The average molecular weight is 488 g/mol. The smallest absolute Gasteiger partial charge is 0.282 e. The Morgan fingerprint density at radius 1 is 0.939 bits per heavy atom. The highest BCUT2D eigenvalue weighted by Crippen LogP contribution is 2.40. The van der Waals surface area contributed by atoms with Crippen LogP contribution < -0.4 is 5.14 Å². The van der Waals surface area contributed by atoms with Gasteiger partial charge in [-0.15, -0.1) is 0 Å². The number of para-hydroxylation sites is 1. The Hall–Kier alpha value is -3.05. The van der Waals surface area contributed by atoms with Crippen molar-refractivity contribution in [1.29, 1.82) is 0 Å². The highest BCUT2D eigenvalue weighted by Gasteiger charge is 2.27. The van der Waals surface area contributed by atoms with E-state index in [4.69, 9.17) is 5.14 Å². The SMILES string of the molecule is C[S+]([O-])c1ccc(-c2c(C(F)F)nn(-c3ccccc3)c2-c2ccc(S(N)(=O)=O)cc2)cc1. The molecule has 170 valence electrons. The lowest BCUT2D eigenvalue weighted by Gasteiger charge is -2.12. The molecule has 0 saturated heterocycles. The third-order valence-corrected chi connectivity index (χ3v) is 6.92. The van der Waals surface area contributed by atoms with Gasteiger partial charge in [0.05, 0.1) is 16.3 Å². The molecule has 1 heterocycles. The quantitative estimate of drug-likeness (QED) is 0.404. The van der Waals surface area contributed by atoms with E-state index in [1.807, 2.05) is 0 Å². The molecule has 4 aromatic rings. The van der Waals surface area contributed by atoms with Crippen LogP contribution in [-0.2, 0) is 21.2 Å². The zero-order valence-electron chi connectivity index (χ0n) is 17.4. The van der Waals surface area contributed by atoms with Crippen LogP contribution in [0, 0.1) is 0 Å². The summed E-state index contributed by atoms with van der Waals surface area (Å²) in [6.45, 7) is 0. The van der Waals surface area contributed by atoms with Crippen molar-refractivity contribution in [2.24, 2.45) is 5.14 Å². The van der Waals surface area contributed by atoms with Crippen molar-refractivity contribution in [3.63, 3.8) is 0 Å². The van der Waals surface area contributed by atoms with Crippen LogP contribution >= 0.6 is 0 Å². The lowest BCUT2D eigenvalue weighted by molar-refractivity contribution is 0.146. The lowest BCUT2D eigenvalue weighted by atomic mass is 9.98. The van der Waals surface area contributed by atoms with Gasteiger partial charge in [-0.25, -0.2) is 27.0 Å². The molecule has 4 rings (SSSR count). The second kappa shape index (κ2) is 9.06. The highest BCUT2D eigenvalue weighted by molar-refractivity contribution is 7.90. The summed E-state index contributed by atoms with van der Waals surface area (Å²) in [5.74, 6) is 0. The number of aromatic nitrogens is 2. The first kappa shape index (κ1) is 23.1. The molecule has 0 spiro atoms. The van der Waals surface area contributed by atoms with Crippen molar-refractivity contribution < 1.29 is 21.8 Å². The van der Waals surface area contributed by atoms with Crippen LogP contribution in [-0.4, -0.2) is 29.0 Å². The molecule has 0 fully saturated rings. The first-order valence-electron chi connectivity index (χ1n) is 9.70. The fourth-order valence-electron chi connectivity index (χ4n) is 3.51. The predicted molar refractivity (Wildman–Crippen MR) is 123 cm³/mol. The van der Waals surface area contributed by atoms with Crippen LogP contribution in [0.2, 0.25) is 0 Å². The molecule has 6 nitrogen and oxygen atoms in total. The summed E-state index contributed by atoms with van der Waals surface area (Å²) in [7, 11) is -3.92. The molecule has 3 aromatic carbocycles. The van der Waals surface area contributed by atoms with Gasteiger partial charge in [0, 0.05) is 11.1 Å². The topological polar surface area (TPSA) is 101 Å². The molecule has 1 atom stereocenters. The second-order valence-electron chi connectivity index (χ2n) is 7.20. The molecule has 0 aliphatic carbocycles. The number of benzene rings is 3. The van der Waals surface area contributed by atoms with Crippen molar-refractivity contribution in [3.8, 4) is 28.1 Å². The normalized spacial score (nSPS) is 12.8. The average Bonchev–Trinajstić information content (AvgIpc) is 3.20. The van der Waals surface area contributed by atoms with E-state index in [1.165, 1.54) is 35.2 Å². The minimum Gasteiger partial charge on any atom is -0.612 e. The Morgan fingerprint density at radius 2 is 1.52 bits per heavy atom. The minimum absolute atomic E-state index is 0.0950.